The van der Waals surface area contributed by atoms with Crippen molar-refractivity contribution in [3.63, 3.8) is 0 Å². The van der Waals surface area contributed by atoms with E-state index in [0.29, 0.717) is 5.84 Å². The number of allylic oxidation sites excluding steroid dienone is 7. The minimum atomic E-state index is -0.0834. The van der Waals surface area contributed by atoms with Gasteiger partial charge in [0.1, 0.15) is 6.54 Å². The van der Waals surface area contributed by atoms with Crippen molar-refractivity contribution in [3.05, 3.63) is 132 Å². The lowest BCUT2D eigenvalue weighted by molar-refractivity contribution is -0.438. The van der Waals surface area contributed by atoms with E-state index < -0.39 is 0 Å². The molecule has 0 atom stereocenters. The summed E-state index contributed by atoms with van der Waals surface area (Å²) in [5.74, 6) is 1.42. The normalized spacial score (nSPS) is 16.4. The lowest BCUT2D eigenvalue weighted by Crippen LogP contribution is -2.28. The van der Waals surface area contributed by atoms with Crippen LogP contribution in [0.15, 0.2) is 124 Å². The number of fused-ring (bicyclic) bond motifs is 2. The van der Waals surface area contributed by atoms with E-state index in [1.54, 1.807) is 5.01 Å². The Morgan fingerprint density at radius 2 is 1.70 bits per heavy atom. The maximum atomic E-state index is 5.81. The standard InChI is InChI=1S/C36H46N2S3.C11H18N4/c1-7-8-9-10-14-22-37-32-21-19-28(41-6)26-30(32)36(4,5)34(37)17-13-11-12-16-33-35(2,3)29-25-27(40)18-20-31(29)38(33)23-15-24-39;1-13-8-9-4-6-10(7-5-9)11(12)14-15(2)3/h7,11-13,16-21,25-26H,1,8-10,14-15,22-24H2,2-6H3,(H-,39,40);4-7,13H,8H2,1-3H3,(H2,12,14)/p+1. The highest BCUT2D eigenvalue weighted by Gasteiger charge is 2.44. The molecule has 0 unspecified atom stereocenters. The molecule has 0 aromatic heterocycles. The molecule has 3 aromatic rings. The van der Waals surface area contributed by atoms with Crippen molar-refractivity contribution in [2.24, 2.45) is 10.8 Å². The first-order valence-electron chi connectivity index (χ1n) is 19.8. The van der Waals surface area contributed by atoms with Gasteiger partial charge in [-0.3, -0.25) is 0 Å². The van der Waals surface area contributed by atoms with Gasteiger partial charge < -0.3 is 21.0 Å². The van der Waals surface area contributed by atoms with Gasteiger partial charge >= 0.3 is 0 Å². The van der Waals surface area contributed by atoms with Crippen LogP contribution in [0.4, 0.5) is 11.4 Å². The molecule has 3 aromatic carbocycles. The lowest BCUT2D eigenvalue weighted by Gasteiger charge is -2.26. The van der Waals surface area contributed by atoms with Crippen LogP contribution >= 0.6 is 37.0 Å². The summed E-state index contributed by atoms with van der Waals surface area (Å²) in [5.41, 5.74) is 16.0. The average molecular weight is 810 g/mol. The molecule has 0 bridgehead atoms. The first-order valence-corrected chi connectivity index (χ1v) is 22.1. The summed E-state index contributed by atoms with van der Waals surface area (Å²) < 4.78 is 2.56. The largest absolute Gasteiger partial charge is 0.382 e. The molecule has 2 aliphatic heterocycles. The molecule has 56 heavy (non-hydrogen) atoms. The summed E-state index contributed by atoms with van der Waals surface area (Å²) >= 11 is 10.9. The second-order valence-electron chi connectivity index (χ2n) is 15.6. The van der Waals surface area contributed by atoms with Crippen LogP contribution in [-0.4, -0.2) is 67.4 Å². The number of anilines is 1. The van der Waals surface area contributed by atoms with Crippen LogP contribution in [0.2, 0.25) is 0 Å². The molecule has 3 N–H and O–H groups in total. The molecule has 9 heteroatoms. The van der Waals surface area contributed by atoms with Gasteiger partial charge in [0.25, 0.3) is 0 Å². The number of nitrogens with zero attached hydrogens (tertiary/aromatic N) is 4. The zero-order valence-electron chi connectivity index (χ0n) is 35.0. The van der Waals surface area contributed by atoms with Crippen LogP contribution in [-0.2, 0) is 17.4 Å². The van der Waals surface area contributed by atoms with Crippen molar-refractivity contribution < 1.29 is 4.58 Å². The predicted octanol–water partition coefficient (Wildman–Crippen LogP) is 10.5. The summed E-state index contributed by atoms with van der Waals surface area (Å²) in [5, 5.41) is 8.92. The van der Waals surface area contributed by atoms with E-state index >= 15 is 0 Å². The van der Waals surface area contributed by atoms with Crippen molar-refractivity contribution >= 4 is 59.9 Å². The first-order chi connectivity index (χ1) is 26.8. The van der Waals surface area contributed by atoms with Gasteiger partial charge in [-0.15, -0.1) is 31.0 Å². The van der Waals surface area contributed by atoms with Gasteiger partial charge in [0, 0.05) is 83.5 Å². The third-order valence-electron chi connectivity index (χ3n) is 10.5. The minimum absolute atomic E-state index is 0.0473. The highest BCUT2D eigenvalue weighted by atomic mass is 32.2. The third kappa shape index (κ3) is 11.3. The maximum absolute atomic E-state index is 5.81. The molecule has 0 amide bonds. The van der Waals surface area contributed by atoms with Crippen molar-refractivity contribution in [3.8, 4) is 0 Å². The van der Waals surface area contributed by atoms with E-state index in [1.807, 2.05) is 63.2 Å². The number of benzene rings is 3. The van der Waals surface area contributed by atoms with Gasteiger partial charge in [-0.05, 0) is 106 Å². The topological polar surface area (TPSA) is 59.9 Å². The number of thiol groups is 2. The quantitative estimate of drug-likeness (QED) is 0.0126. The Kier molecular flexibility index (Phi) is 17.1. The second kappa shape index (κ2) is 21.2. The summed E-state index contributed by atoms with van der Waals surface area (Å²) in [6.45, 7) is 16.1. The smallest absolute Gasteiger partial charge is 0.209 e. The van der Waals surface area contributed by atoms with E-state index in [2.05, 4.69) is 152 Å². The SMILES string of the molecule is C=CCCCCC[N+]1=C(/C=C/C=C/C=C2/N(CCCS)c3ccc(S)cc3C2(C)C)C(C)(C)c2cc(SC)ccc21.CNCc1ccc(/C(N)=N/N(C)C)cc1. The van der Waals surface area contributed by atoms with Crippen molar-refractivity contribution in [2.45, 2.75) is 87.0 Å². The Labute approximate surface area is 353 Å². The highest BCUT2D eigenvalue weighted by Crippen LogP contribution is 2.48. The first kappa shape index (κ1) is 45.1. The monoisotopic (exact) mass is 809 g/mol. The van der Waals surface area contributed by atoms with Gasteiger partial charge in [0.05, 0.1) is 5.41 Å². The van der Waals surface area contributed by atoms with E-state index in [0.717, 1.165) is 48.7 Å². The second-order valence-corrected chi connectivity index (χ2v) is 17.4. The summed E-state index contributed by atoms with van der Waals surface area (Å²) in [6.07, 6.45) is 21.2. The number of amidine groups is 1. The molecule has 2 aliphatic rings. The van der Waals surface area contributed by atoms with Crippen LogP contribution in [0.25, 0.3) is 0 Å². The molecule has 0 spiro atoms. The van der Waals surface area contributed by atoms with E-state index in [-0.39, 0.29) is 10.8 Å². The van der Waals surface area contributed by atoms with E-state index in [4.69, 9.17) is 5.73 Å². The van der Waals surface area contributed by atoms with Crippen molar-refractivity contribution in [1.29, 1.82) is 0 Å². The summed E-state index contributed by atoms with van der Waals surface area (Å²) in [7, 11) is 5.63. The fraction of sp³-hybridized carbons (Fsp3) is 0.404. The fourth-order valence-electron chi connectivity index (χ4n) is 7.52. The Hall–Kier alpha value is -3.63. The van der Waals surface area contributed by atoms with Gasteiger partial charge in [0.2, 0.25) is 5.69 Å². The van der Waals surface area contributed by atoms with Crippen LogP contribution in [0.3, 0.4) is 0 Å². The molecule has 0 saturated heterocycles. The highest BCUT2D eigenvalue weighted by molar-refractivity contribution is 7.98. The molecule has 0 saturated carbocycles. The predicted molar refractivity (Wildman–Crippen MR) is 252 cm³/mol. The van der Waals surface area contributed by atoms with Crippen LogP contribution in [0, 0.1) is 0 Å². The number of thioether (sulfide) groups is 1. The Balaban J connectivity index is 0.000000389. The minimum Gasteiger partial charge on any atom is -0.382 e. The van der Waals surface area contributed by atoms with E-state index in [9.17, 15) is 0 Å². The molecule has 0 aliphatic carbocycles. The number of rotatable bonds is 17. The molecule has 0 fully saturated rings. The third-order valence-corrected chi connectivity index (χ3v) is 11.8. The van der Waals surface area contributed by atoms with Crippen LogP contribution in [0.1, 0.15) is 82.1 Å². The Bertz CT molecular complexity index is 1940. The zero-order chi connectivity index (χ0) is 40.9. The van der Waals surface area contributed by atoms with E-state index in [1.165, 1.54) is 63.6 Å². The molecule has 5 rings (SSSR count). The molecular weight excluding hydrogens is 745 g/mol. The molecule has 6 nitrogen and oxygen atoms in total. The van der Waals surface area contributed by atoms with Gasteiger partial charge in [0.15, 0.2) is 11.5 Å². The number of nitrogens with two attached hydrogens (primary N) is 1. The van der Waals surface area contributed by atoms with Crippen molar-refractivity contribution in [1.82, 2.24) is 10.3 Å². The number of hydrazone groups is 1. The molecule has 300 valence electrons. The Morgan fingerprint density at radius 3 is 2.36 bits per heavy atom. The molecule has 2 heterocycles. The number of hydrogen-bond donors (Lipinski definition) is 4. The van der Waals surface area contributed by atoms with Crippen molar-refractivity contribution in [2.75, 3.05) is 51.1 Å². The van der Waals surface area contributed by atoms with Gasteiger partial charge in [-0.1, -0.05) is 62.4 Å². The Morgan fingerprint density at radius 1 is 0.946 bits per heavy atom. The summed E-state index contributed by atoms with van der Waals surface area (Å²) in [6, 6.07) is 21.6. The zero-order valence-corrected chi connectivity index (χ0v) is 37.6. The number of nitrogens with one attached hydrogen (secondary N) is 1. The number of hydrogen-bond acceptors (Lipinski definition) is 7. The fourth-order valence-corrected chi connectivity index (χ4v) is 8.30. The average Bonchev–Trinajstić information content (AvgIpc) is 3.51. The lowest BCUT2D eigenvalue weighted by atomic mass is 9.81. The summed E-state index contributed by atoms with van der Waals surface area (Å²) in [4.78, 5) is 4.81. The van der Waals surface area contributed by atoms with Gasteiger partial charge in [-0.2, -0.15) is 22.3 Å². The maximum Gasteiger partial charge on any atom is 0.209 e. The van der Waals surface area contributed by atoms with Crippen LogP contribution < -0.4 is 16.0 Å². The molecule has 0 radical (unpaired) electrons. The number of unbranched alkanes of at least 4 members (excludes halogenated alkanes) is 3. The van der Waals surface area contributed by atoms with Crippen LogP contribution in [0.5, 0.6) is 0 Å². The van der Waals surface area contributed by atoms with Gasteiger partial charge in [-0.25, -0.2) is 0 Å². The molecular formula is C47H65N6S3+.